The second-order valence-corrected chi connectivity index (χ2v) is 14.8. The van der Waals surface area contributed by atoms with Crippen molar-refractivity contribution in [2.24, 2.45) is 0 Å². The van der Waals surface area contributed by atoms with Gasteiger partial charge in [0.05, 0.1) is 32.5 Å². The molecule has 0 aromatic heterocycles. The summed E-state index contributed by atoms with van der Waals surface area (Å²) in [6.07, 6.45) is 1.97. The lowest BCUT2D eigenvalue weighted by Crippen LogP contribution is -2.60. The fraction of sp³-hybridized carbons (Fsp3) is 0.694. The van der Waals surface area contributed by atoms with Crippen LogP contribution in [0.15, 0.2) is 0 Å². The van der Waals surface area contributed by atoms with Gasteiger partial charge >= 0.3 is 5.97 Å². The molecule has 27 nitrogen and oxygen atoms in total. The highest BCUT2D eigenvalue weighted by molar-refractivity contribution is 5.98. The average Bonchev–Trinajstić information content (AvgIpc) is 3.98. The minimum atomic E-state index is -1.70. The molecule has 0 radical (unpaired) electrons. The second kappa shape index (κ2) is 25.8. The summed E-state index contributed by atoms with van der Waals surface area (Å²) >= 11 is 0. The molecule has 0 bridgehead atoms. The topological polar surface area (TPSA) is 412 Å². The third kappa shape index (κ3) is 16.3. The van der Waals surface area contributed by atoms with Crippen molar-refractivity contribution >= 4 is 65.0 Å². The Balaban J connectivity index is 1.88. The zero-order valence-corrected chi connectivity index (χ0v) is 35.2. The monoisotopic (exact) mass is 901 g/mol. The number of aliphatic hydroxyl groups is 4. The Kier molecular flexibility index (Phi) is 21.7. The molecule has 63 heavy (non-hydrogen) atoms. The molecule has 10 atom stereocenters. The van der Waals surface area contributed by atoms with Crippen molar-refractivity contribution in [2.45, 2.75) is 114 Å². The molecule has 0 aliphatic carbocycles. The highest BCUT2D eigenvalue weighted by Gasteiger charge is 2.38. The van der Waals surface area contributed by atoms with Crippen molar-refractivity contribution in [1.29, 1.82) is 0 Å². The first kappa shape index (κ1) is 53.1. The van der Waals surface area contributed by atoms with Crippen LogP contribution in [0.3, 0.4) is 0 Å². The maximum atomic E-state index is 13.1. The van der Waals surface area contributed by atoms with E-state index in [9.17, 15) is 73.2 Å². The highest BCUT2D eigenvalue weighted by atomic mass is 16.4. The molecule has 2 rings (SSSR count). The zero-order chi connectivity index (χ0) is 47.6. The van der Waals surface area contributed by atoms with Gasteiger partial charge in [0.1, 0.15) is 60.9 Å². The fourth-order valence-electron chi connectivity index (χ4n) is 6.19. The molecule has 0 saturated carbocycles. The van der Waals surface area contributed by atoms with Gasteiger partial charge in [0, 0.05) is 6.54 Å². The predicted molar refractivity (Wildman–Crippen MR) is 213 cm³/mol. The van der Waals surface area contributed by atoms with Crippen LogP contribution in [0, 0.1) is 0 Å². The Morgan fingerprint density at radius 3 is 1.29 bits per heavy atom. The molecular weight excluding hydrogens is 842 g/mol. The molecule has 0 aromatic rings. The van der Waals surface area contributed by atoms with Gasteiger partial charge in [0.15, 0.2) is 0 Å². The number of carbonyl (C=O) groups excluding carboxylic acids is 10. The van der Waals surface area contributed by atoms with Crippen LogP contribution in [0.1, 0.15) is 53.4 Å². The number of hydrogen-bond donors (Lipinski definition) is 15. The molecule has 0 spiro atoms. The average molecular weight is 902 g/mol. The lowest BCUT2D eigenvalue weighted by molar-refractivity contribution is -0.142. The van der Waals surface area contributed by atoms with Crippen LogP contribution >= 0.6 is 0 Å². The summed E-state index contributed by atoms with van der Waals surface area (Å²) < 4.78 is 0. The van der Waals surface area contributed by atoms with Gasteiger partial charge in [0.25, 0.3) is 0 Å². The number of carboxylic acids is 1. The standard InChI is InChI=1S/C36H59N11O16/c1-16(39-31(58)22(13-49)44-28(55)18(3)41-33(60)24(15-51)46-30(57)20-7-5-9-37-20)27(54)43-21(12-48)32(59)40-17(2)29(56)45-23(14-50)34(61)42-19(4)36(63)47-10-6-8-25(47)35(62)38-11-26(52)53/h16-25,37,48-51H,5-15H2,1-4H3,(H,38,62)(H,39,58)(H,40,59)(H,41,60)(H,42,61)(H,43,54)(H,44,55)(H,45,56)(H,46,57)(H,52,53)/t16-,17-,18-,19-,20-,21-,22-,23-,24-,25-/m0/s1. The van der Waals surface area contributed by atoms with E-state index in [1.54, 1.807) is 0 Å². The van der Waals surface area contributed by atoms with Crippen molar-refractivity contribution in [3.8, 4) is 0 Å². The number of carbonyl (C=O) groups is 11. The summed E-state index contributed by atoms with van der Waals surface area (Å²) in [6.45, 7) is 1.25. The number of likely N-dealkylation sites (tertiary alicyclic amines) is 1. The lowest BCUT2D eigenvalue weighted by atomic mass is 10.1. The number of nitrogens with one attached hydrogen (secondary N) is 10. The van der Waals surface area contributed by atoms with Crippen molar-refractivity contribution in [2.75, 3.05) is 46.1 Å². The maximum Gasteiger partial charge on any atom is 0.322 e. The Morgan fingerprint density at radius 2 is 0.921 bits per heavy atom. The number of amides is 10. The largest absolute Gasteiger partial charge is 0.480 e. The number of nitrogens with zero attached hydrogens (tertiary/aromatic N) is 1. The first-order chi connectivity index (χ1) is 29.7. The van der Waals surface area contributed by atoms with Crippen LogP contribution in [-0.4, -0.2) is 202 Å². The van der Waals surface area contributed by atoms with Crippen LogP contribution in [0.4, 0.5) is 0 Å². The number of rotatable bonds is 24. The van der Waals surface area contributed by atoms with Gasteiger partial charge in [0.2, 0.25) is 59.1 Å². The van der Waals surface area contributed by atoms with Gasteiger partial charge in [-0.1, -0.05) is 0 Å². The quantitative estimate of drug-likeness (QED) is 0.0428. The van der Waals surface area contributed by atoms with Gasteiger partial charge in [-0.3, -0.25) is 52.7 Å². The molecule has 10 amide bonds. The molecule has 2 aliphatic heterocycles. The fourth-order valence-corrected chi connectivity index (χ4v) is 6.19. The van der Waals surface area contributed by atoms with Crippen molar-refractivity contribution in [3.05, 3.63) is 0 Å². The third-order valence-electron chi connectivity index (χ3n) is 9.88. The molecule has 2 saturated heterocycles. The molecule has 2 heterocycles. The Labute approximate surface area is 361 Å². The molecule has 354 valence electrons. The van der Waals surface area contributed by atoms with Crippen LogP contribution in [0.25, 0.3) is 0 Å². The molecular formula is C36H59N11O16. The van der Waals surface area contributed by atoms with E-state index in [-0.39, 0.29) is 13.0 Å². The van der Waals surface area contributed by atoms with E-state index >= 15 is 0 Å². The lowest BCUT2D eigenvalue weighted by Gasteiger charge is -2.28. The predicted octanol–water partition coefficient (Wildman–Crippen LogP) is -9.14. The minimum absolute atomic E-state index is 0.148. The van der Waals surface area contributed by atoms with E-state index in [2.05, 4.69) is 53.2 Å². The van der Waals surface area contributed by atoms with E-state index in [0.29, 0.717) is 19.4 Å². The van der Waals surface area contributed by atoms with Crippen molar-refractivity contribution in [3.63, 3.8) is 0 Å². The van der Waals surface area contributed by atoms with E-state index in [4.69, 9.17) is 5.11 Å². The molecule has 2 fully saturated rings. The van der Waals surface area contributed by atoms with E-state index < -0.39 is 158 Å². The van der Waals surface area contributed by atoms with E-state index in [1.165, 1.54) is 25.7 Å². The number of aliphatic carboxylic acids is 1. The van der Waals surface area contributed by atoms with E-state index in [0.717, 1.165) is 13.3 Å². The SMILES string of the molecule is C[C@H](NC(=O)[C@H](CO)NC(=O)[C@H](C)NC(=O)[C@H](CO)NC(=O)[C@@H]1CCCN1)C(=O)N[C@@H](CO)C(=O)N[C@@H](C)C(=O)N[C@@H](CO)C(=O)N[C@@H](C)C(=O)N1CCC[C@H]1C(=O)NCC(=O)O. The number of carboxylic acid groups (broad SMARTS) is 1. The summed E-state index contributed by atoms with van der Waals surface area (Å²) in [7, 11) is 0. The van der Waals surface area contributed by atoms with Gasteiger partial charge in [-0.05, 0) is 59.9 Å². The number of hydrogen-bond acceptors (Lipinski definition) is 16. The second-order valence-electron chi connectivity index (χ2n) is 14.8. The molecule has 0 aromatic carbocycles. The summed E-state index contributed by atoms with van der Waals surface area (Å²) in [6, 6.07) is -13.4. The molecule has 15 N–H and O–H groups in total. The van der Waals surface area contributed by atoms with Gasteiger partial charge in [-0.15, -0.1) is 0 Å². The van der Waals surface area contributed by atoms with Crippen LogP contribution in [-0.2, 0) is 52.7 Å². The van der Waals surface area contributed by atoms with Crippen LogP contribution in [0.2, 0.25) is 0 Å². The smallest absolute Gasteiger partial charge is 0.322 e. The summed E-state index contributed by atoms with van der Waals surface area (Å²) in [5, 5.41) is 71.0. The Hall–Kier alpha value is -6.03. The third-order valence-corrected chi connectivity index (χ3v) is 9.88. The summed E-state index contributed by atoms with van der Waals surface area (Å²) in [5.41, 5.74) is 0. The zero-order valence-electron chi connectivity index (χ0n) is 35.2. The van der Waals surface area contributed by atoms with Gasteiger partial charge in [-0.25, -0.2) is 0 Å². The van der Waals surface area contributed by atoms with Crippen LogP contribution < -0.4 is 53.2 Å². The Bertz CT molecular complexity index is 1700. The number of aliphatic hydroxyl groups excluding tert-OH is 4. The highest BCUT2D eigenvalue weighted by Crippen LogP contribution is 2.18. The Morgan fingerprint density at radius 1 is 0.524 bits per heavy atom. The normalized spacial score (nSPS) is 19.5. The van der Waals surface area contributed by atoms with E-state index in [1.807, 2.05) is 0 Å². The van der Waals surface area contributed by atoms with Crippen molar-refractivity contribution in [1.82, 2.24) is 58.1 Å². The molecule has 27 heteroatoms. The summed E-state index contributed by atoms with van der Waals surface area (Å²) in [5.74, 6) is -10.3. The summed E-state index contributed by atoms with van der Waals surface area (Å²) in [4.78, 5) is 140. The maximum absolute atomic E-state index is 13.1. The molecule has 2 aliphatic rings. The first-order valence-electron chi connectivity index (χ1n) is 20.1. The first-order valence-corrected chi connectivity index (χ1v) is 20.1. The van der Waals surface area contributed by atoms with Crippen molar-refractivity contribution < 1.29 is 78.3 Å². The molecule has 0 unspecified atom stereocenters. The van der Waals surface area contributed by atoms with Crippen LogP contribution in [0.5, 0.6) is 0 Å². The van der Waals surface area contributed by atoms with Gasteiger partial charge in [-0.2, -0.15) is 0 Å². The minimum Gasteiger partial charge on any atom is -0.480 e. The van der Waals surface area contributed by atoms with Gasteiger partial charge < -0.3 is 83.6 Å².